The maximum atomic E-state index is 5.73. The number of H-pyrrole nitrogens is 1. The second-order valence-electron chi connectivity index (χ2n) is 6.22. The van der Waals surface area contributed by atoms with Gasteiger partial charge < -0.3 is 9.88 Å². The van der Waals surface area contributed by atoms with Crippen LogP contribution in [0.2, 0.25) is 0 Å². The zero-order valence-electron chi connectivity index (χ0n) is 13.7. The Labute approximate surface area is 142 Å². The minimum Gasteiger partial charge on any atom is -0.374 e. The Balaban J connectivity index is 1.99. The first-order chi connectivity index (χ1) is 11.1. The molecule has 0 aliphatic heterocycles. The van der Waals surface area contributed by atoms with Crippen molar-refractivity contribution >= 4 is 33.8 Å². The highest BCUT2D eigenvalue weighted by atomic mass is 32.1. The average molecular weight is 323 g/mol. The van der Waals surface area contributed by atoms with Crippen LogP contribution in [0.25, 0.3) is 11.0 Å². The van der Waals surface area contributed by atoms with Crippen LogP contribution in [-0.4, -0.2) is 28.4 Å². The summed E-state index contributed by atoms with van der Waals surface area (Å²) in [4.78, 5) is 11.0. The number of para-hydroxylation sites is 3. The van der Waals surface area contributed by atoms with Crippen molar-refractivity contribution < 1.29 is 0 Å². The van der Waals surface area contributed by atoms with E-state index in [1.165, 1.54) is 0 Å². The predicted molar refractivity (Wildman–Crippen MR) is 101 cm³/mol. The fourth-order valence-electron chi connectivity index (χ4n) is 2.83. The van der Waals surface area contributed by atoms with E-state index in [0.29, 0.717) is 5.92 Å². The number of aromatic amines is 1. The molecule has 0 bridgehead atoms. The molecule has 3 aromatic rings. The van der Waals surface area contributed by atoms with Gasteiger partial charge in [0.05, 0.1) is 15.9 Å². The highest BCUT2D eigenvalue weighted by molar-refractivity contribution is 7.81. The quantitative estimate of drug-likeness (QED) is 0.557. The zero-order chi connectivity index (χ0) is 16.4. The van der Waals surface area contributed by atoms with Crippen LogP contribution in [0.5, 0.6) is 0 Å². The van der Waals surface area contributed by atoms with Gasteiger partial charge in [0.1, 0.15) is 5.82 Å². The van der Waals surface area contributed by atoms with E-state index in [-0.39, 0.29) is 0 Å². The topological polar surface area (TPSA) is 31.9 Å². The standard InChI is InChI=1S/C19H21N3S/c1-13(2)12-22(3)17-11-7-4-8-14(17)18(23)19-20-15-9-5-6-10-16(15)21-19/h4-11,13H,12H2,1-3H3,(H,20,21). The lowest BCUT2D eigenvalue weighted by molar-refractivity contribution is 0.638. The van der Waals surface area contributed by atoms with Crippen molar-refractivity contribution in [2.24, 2.45) is 5.92 Å². The Kier molecular flexibility index (Phi) is 4.44. The second-order valence-corrected chi connectivity index (χ2v) is 6.63. The van der Waals surface area contributed by atoms with Crippen LogP contribution in [0.3, 0.4) is 0 Å². The highest BCUT2D eigenvalue weighted by Gasteiger charge is 2.16. The maximum absolute atomic E-state index is 5.73. The Morgan fingerprint density at radius 3 is 2.57 bits per heavy atom. The molecule has 0 amide bonds. The lowest BCUT2D eigenvalue weighted by Crippen LogP contribution is -2.24. The van der Waals surface area contributed by atoms with E-state index in [1.807, 2.05) is 30.3 Å². The molecule has 1 heterocycles. The van der Waals surface area contributed by atoms with E-state index in [0.717, 1.165) is 39.5 Å². The molecule has 1 N–H and O–H groups in total. The van der Waals surface area contributed by atoms with Gasteiger partial charge in [-0.1, -0.05) is 56.4 Å². The van der Waals surface area contributed by atoms with Gasteiger partial charge in [0.15, 0.2) is 0 Å². The van der Waals surface area contributed by atoms with Crippen LogP contribution in [0, 0.1) is 5.92 Å². The van der Waals surface area contributed by atoms with Gasteiger partial charge in [0.25, 0.3) is 0 Å². The summed E-state index contributed by atoms with van der Waals surface area (Å²) in [5, 5.41) is 0. The minimum absolute atomic E-state index is 0.591. The van der Waals surface area contributed by atoms with E-state index in [9.17, 15) is 0 Å². The molecule has 3 nitrogen and oxygen atoms in total. The van der Waals surface area contributed by atoms with Crippen molar-refractivity contribution in [2.75, 3.05) is 18.5 Å². The molecule has 0 radical (unpaired) electrons. The molecule has 0 saturated carbocycles. The van der Waals surface area contributed by atoms with Crippen molar-refractivity contribution in [1.82, 2.24) is 9.97 Å². The van der Waals surface area contributed by atoms with Crippen molar-refractivity contribution in [3.05, 3.63) is 59.9 Å². The summed E-state index contributed by atoms with van der Waals surface area (Å²) in [6, 6.07) is 16.3. The number of imidazole rings is 1. The molecule has 118 valence electrons. The van der Waals surface area contributed by atoms with E-state index >= 15 is 0 Å². The second kappa shape index (κ2) is 6.50. The number of nitrogens with zero attached hydrogens (tertiary/aromatic N) is 2. The molecule has 0 aliphatic carbocycles. The minimum atomic E-state index is 0.591. The summed E-state index contributed by atoms with van der Waals surface area (Å²) in [7, 11) is 2.11. The molecule has 0 atom stereocenters. The van der Waals surface area contributed by atoms with Crippen LogP contribution >= 0.6 is 12.2 Å². The maximum Gasteiger partial charge on any atom is 0.150 e. The Bertz CT molecular complexity index is 802. The van der Waals surface area contributed by atoms with Crippen LogP contribution in [0.1, 0.15) is 25.2 Å². The first-order valence-corrected chi connectivity index (χ1v) is 8.26. The van der Waals surface area contributed by atoms with E-state index in [4.69, 9.17) is 12.2 Å². The molecule has 0 fully saturated rings. The summed E-state index contributed by atoms with van der Waals surface area (Å²) >= 11 is 5.73. The fourth-order valence-corrected chi connectivity index (χ4v) is 3.10. The lowest BCUT2D eigenvalue weighted by atomic mass is 10.1. The fraction of sp³-hybridized carbons (Fsp3) is 0.263. The van der Waals surface area contributed by atoms with Crippen LogP contribution in [-0.2, 0) is 0 Å². The molecule has 1 aromatic heterocycles. The average Bonchev–Trinajstić information content (AvgIpc) is 2.97. The van der Waals surface area contributed by atoms with Crippen LogP contribution < -0.4 is 4.90 Å². The van der Waals surface area contributed by atoms with Gasteiger partial charge in [0, 0.05) is 24.8 Å². The predicted octanol–water partition coefficient (Wildman–Crippen LogP) is 4.42. The summed E-state index contributed by atoms with van der Waals surface area (Å²) in [5.74, 6) is 1.35. The molecule has 0 spiro atoms. The largest absolute Gasteiger partial charge is 0.374 e. The number of benzene rings is 2. The molecule has 4 heteroatoms. The van der Waals surface area contributed by atoms with Gasteiger partial charge in [-0.05, 0) is 24.1 Å². The van der Waals surface area contributed by atoms with Crippen molar-refractivity contribution in [3.63, 3.8) is 0 Å². The number of anilines is 1. The Hall–Kier alpha value is -2.20. The third-order valence-electron chi connectivity index (χ3n) is 3.80. The van der Waals surface area contributed by atoms with Crippen molar-refractivity contribution in [3.8, 4) is 0 Å². The number of hydrogen-bond acceptors (Lipinski definition) is 3. The number of rotatable bonds is 5. The number of thiocarbonyl (C=S) groups is 1. The van der Waals surface area contributed by atoms with Crippen LogP contribution in [0.4, 0.5) is 5.69 Å². The van der Waals surface area contributed by atoms with Crippen LogP contribution in [0.15, 0.2) is 48.5 Å². The molecular formula is C19H21N3S. The third-order valence-corrected chi connectivity index (χ3v) is 4.22. The summed E-state index contributed by atoms with van der Waals surface area (Å²) < 4.78 is 0. The van der Waals surface area contributed by atoms with Gasteiger partial charge in [-0.3, -0.25) is 0 Å². The van der Waals surface area contributed by atoms with E-state index in [2.05, 4.69) is 54.0 Å². The Morgan fingerprint density at radius 1 is 1.13 bits per heavy atom. The van der Waals surface area contributed by atoms with Gasteiger partial charge in [-0.15, -0.1) is 0 Å². The van der Waals surface area contributed by atoms with Gasteiger partial charge in [-0.2, -0.15) is 0 Å². The smallest absolute Gasteiger partial charge is 0.150 e. The number of fused-ring (bicyclic) bond motifs is 1. The number of nitrogens with one attached hydrogen (secondary N) is 1. The molecule has 0 unspecified atom stereocenters. The molecule has 0 aliphatic rings. The lowest BCUT2D eigenvalue weighted by Gasteiger charge is -2.24. The highest BCUT2D eigenvalue weighted by Crippen LogP contribution is 2.24. The van der Waals surface area contributed by atoms with E-state index < -0.39 is 0 Å². The molecule has 0 saturated heterocycles. The SMILES string of the molecule is CC(C)CN(C)c1ccccc1C(=S)c1nc2ccccc2[nH]1. The number of aromatic nitrogens is 2. The monoisotopic (exact) mass is 323 g/mol. The third kappa shape index (κ3) is 3.27. The molecule has 23 heavy (non-hydrogen) atoms. The molecule has 3 rings (SSSR count). The zero-order valence-corrected chi connectivity index (χ0v) is 14.5. The van der Waals surface area contributed by atoms with Crippen molar-refractivity contribution in [2.45, 2.75) is 13.8 Å². The van der Waals surface area contributed by atoms with Gasteiger partial charge >= 0.3 is 0 Å². The summed E-state index contributed by atoms with van der Waals surface area (Å²) in [5.41, 5.74) is 4.15. The van der Waals surface area contributed by atoms with Crippen molar-refractivity contribution in [1.29, 1.82) is 0 Å². The van der Waals surface area contributed by atoms with Gasteiger partial charge in [-0.25, -0.2) is 4.98 Å². The van der Waals surface area contributed by atoms with E-state index in [1.54, 1.807) is 0 Å². The summed E-state index contributed by atoms with van der Waals surface area (Å²) in [6.45, 7) is 5.42. The summed E-state index contributed by atoms with van der Waals surface area (Å²) in [6.07, 6.45) is 0. The Morgan fingerprint density at radius 2 is 1.83 bits per heavy atom. The number of hydrogen-bond donors (Lipinski definition) is 1. The molecular weight excluding hydrogens is 302 g/mol. The first-order valence-electron chi connectivity index (χ1n) is 7.86. The van der Waals surface area contributed by atoms with Gasteiger partial charge in [0.2, 0.25) is 0 Å². The normalized spacial score (nSPS) is 11.1. The molecule has 2 aromatic carbocycles. The first kappa shape index (κ1) is 15.7.